The maximum atomic E-state index is 13.2. The minimum atomic E-state index is -1.75. The summed E-state index contributed by atoms with van der Waals surface area (Å²) in [6.45, 7) is 0.256. The monoisotopic (exact) mass is 445 g/mol. The van der Waals surface area contributed by atoms with Crippen molar-refractivity contribution < 1.29 is 24.2 Å². The first-order valence-corrected chi connectivity index (χ1v) is 8.81. The molecule has 0 aliphatic carbocycles. The molecule has 0 atom stereocenters. The van der Waals surface area contributed by atoms with Gasteiger partial charge >= 0.3 is 5.97 Å². The van der Waals surface area contributed by atoms with E-state index in [1.165, 1.54) is 18.3 Å². The molecule has 1 aromatic heterocycles. The second-order valence-corrected chi connectivity index (χ2v) is 6.90. The summed E-state index contributed by atoms with van der Waals surface area (Å²) >= 11 is 3.29. The molecule has 142 valence electrons. The predicted octanol–water partition coefficient (Wildman–Crippen LogP) is 3.50. The Hall–Kier alpha value is -3.26. The largest absolute Gasteiger partial charge is 0.507 e. The lowest BCUT2D eigenvalue weighted by Crippen LogP contribution is -2.16. The van der Waals surface area contributed by atoms with E-state index in [0.29, 0.717) is 16.1 Å². The molecular weight excluding hydrogens is 433 g/mol. The molecular formula is C20H13BrFNO5. The van der Waals surface area contributed by atoms with Crippen molar-refractivity contribution in [2.75, 3.05) is 0 Å². The van der Waals surface area contributed by atoms with Crippen molar-refractivity contribution in [2.45, 2.75) is 6.54 Å². The van der Waals surface area contributed by atoms with Crippen LogP contribution in [0.25, 0.3) is 16.7 Å². The van der Waals surface area contributed by atoms with Gasteiger partial charge in [-0.2, -0.15) is 0 Å². The van der Waals surface area contributed by atoms with Crippen LogP contribution in [-0.2, 0) is 16.1 Å². The number of carbonyl (C=O) groups is 2. The highest BCUT2D eigenvalue weighted by Gasteiger charge is 2.16. The fraction of sp³-hybridized carbons (Fsp3) is 0.0500. The van der Waals surface area contributed by atoms with E-state index in [-0.39, 0.29) is 23.3 Å². The molecule has 0 radical (unpaired) electrons. The number of carbonyl (C=O) groups excluding carboxylic acids is 1. The molecule has 1 heterocycles. The topological polar surface area (TPSA) is 96.6 Å². The van der Waals surface area contributed by atoms with Gasteiger partial charge in [0.15, 0.2) is 5.43 Å². The number of carboxylic acids is 1. The van der Waals surface area contributed by atoms with Gasteiger partial charge in [0.05, 0.1) is 11.1 Å². The molecule has 0 fully saturated rings. The van der Waals surface area contributed by atoms with Crippen molar-refractivity contribution in [2.24, 2.45) is 0 Å². The van der Waals surface area contributed by atoms with Crippen LogP contribution in [0.3, 0.4) is 0 Å². The SMILES string of the molecule is O=C(O)C(=O)/C=C(\O)c1cn(Cc2ccc(F)cc2)c2ccc(Br)cc2c1=O. The van der Waals surface area contributed by atoms with Crippen molar-refractivity contribution >= 4 is 44.3 Å². The summed E-state index contributed by atoms with van der Waals surface area (Å²) in [7, 11) is 0. The quantitative estimate of drug-likeness (QED) is 0.355. The van der Waals surface area contributed by atoms with Crippen LogP contribution in [0.2, 0.25) is 0 Å². The Morgan fingerprint density at radius 3 is 2.43 bits per heavy atom. The molecule has 2 N–H and O–H groups in total. The second kappa shape index (κ2) is 7.77. The first kappa shape index (κ1) is 19.5. The van der Waals surface area contributed by atoms with E-state index >= 15 is 0 Å². The molecule has 0 bridgehead atoms. The van der Waals surface area contributed by atoms with Crippen molar-refractivity contribution in [1.82, 2.24) is 4.57 Å². The van der Waals surface area contributed by atoms with Crippen LogP contribution in [0.1, 0.15) is 11.1 Å². The van der Waals surface area contributed by atoms with Gasteiger partial charge in [-0.1, -0.05) is 28.1 Å². The minimum Gasteiger partial charge on any atom is -0.507 e. The predicted molar refractivity (Wildman–Crippen MR) is 105 cm³/mol. The number of pyridine rings is 1. The Morgan fingerprint density at radius 1 is 1.11 bits per heavy atom. The van der Waals surface area contributed by atoms with Crippen LogP contribution >= 0.6 is 15.9 Å². The number of benzene rings is 2. The first-order valence-electron chi connectivity index (χ1n) is 8.01. The molecule has 2 aromatic carbocycles. The van der Waals surface area contributed by atoms with E-state index < -0.39 is 22.9 Å². The maximum absolute atomic E-state index is 13.2. The molecule has 0 aliphatic heterocycles. The van der Waals surface area contributed by atoms with Gasteiger partial charge in [0.1, 0.15) is 11.6 Å². The van der Waals surface area contributed by atoms with Crippen LogP contribution in [0.4, 0.5) is 4.39 Å². The van der Waals surface area contributed by atoms with Crippen molar-refractivity contribution in [3.8, 4) is 0 Å². The van der Waals surface area contributed by atoms with E-state index in [9.17, 15) is 23.9 Å². The van der Waals surface area contributed by atoms with Gasteiger partial charge in [-0.25, -0.2) is 9.18 Å². The Bertz CT molecular complexity index is 1180. The number of aliphatic carboxylic acids is 1. The lowest BCUT2D eigenvalue weighted by atomic mass is 10.1. The number of nitrogens with zero attached hydrogens (tertiary/aromatic N) is 1. The maximum Gasteiger partial charge on any atom is 0.376 e. The smallest absolute Gasteiger partial charge is 0.376 e. The highest BCUT2D eigenvalue weighted by atomic mass is 79.9. The fourth-order valence-electron chi connectivity index (χ4n) is 2.73. The highest BCUT2D eigenvalue weighted by Crippen LogP contribution is 2.21. The number of rotatable bonds is 5. The van der Waals surface area contributed by atoms with E-state index in [2.05, 4.69) is 15.9 Å². The molecule has 0 spiro atoms. The summed E-state index contributed by atoms with van der Waals surface area (Å²) in [4.78, 5) is 34.9. The summed E-state index contributed by atoms with van der Waals surface area (Å²) in [5, 5.41) is 19.1. The van der Waals surface area contributed by atoms with Crippen LogP contribution < -0.4 is 5.43 Å². The Balaban J connectivity index is 2.21. The number of halogens is 2. The van der Waals surface area contributed by atoms with Crippen molar-refractivity contribution in [1.29, 1.82) is 0 Å². The summed E-state index contributed by atoms with van der Waals surface area (Å²) in [6, 6.07) is 10.8. The molecule has 0 saturated heterocycles. The fourth-order valence-corrected chi connectivity index (χ4v) is 3.09. The van der Waals surface area contributed by atoms with E-state index in [0.717, 1.165) is 5.56 Å². The van der Waals surface area contributed by atoms with Gasteiger partial charge in [-0.05, 0) is 35.9 Å². The molecule has 0 unspecified atom stereocenters. The van der Waals surface area contributed by atoms with Gasteiger partial charge in [0.2, 0.25) is 0 Å². The number of ketones is 1. The first-order chi connectivity index (χ1) is 13.3. The van der Waals surface area contributed by atoms with E-state index in [1.54, 1.807) is 34.9 Å². The molecule has 3 aromatic rings. The van der Waals surface area contributed by atoms with Crippen LogP contribution in [-0.4, -0.2) is 26.5 Å². The molecule has 6 nitrogen and oxygen atoms in total. The number of aliphatic hydroxyl groups is 1. The average molecular weight is 446 g/mol. The second-order valence-electron chi connectivity index (χ2n) is 5.99. The number of fused-ring (bicyclic) bond motifs is 1. The van der Waals surface area contributed by atoms with Gasteiger partial charge in [0.25, 0.3) is 5.78 Å². The zero-order chi connectivity index (χ0) is 20.4. The summed E-state index contributed by atoms with van der Waals surface area (Å²) in [6.07, 6.45) is 1.83. The summed E-state index contributed by atoms with van der Waals surface area (Å²) in [5.41, 5.74) is 0.518. The Kier molecular flexibility index (Phi) is 5.41. The molecule has 28 heavy (non-hydrogen) atoms. The number of aliphatic hydroxyl groups excluding tert-OH is 1. The lowest BCUT2D eigenvalue weighted by Gasteiger charge is -2.14. The zero-order valence-electron chi connectivity index (χ0n) is 14.2. The highest BCUT2D eigenvalue weighted by molar-refractivity contribution is 9.10. The number of hydrogen-bond acceptors (Lipinski definition) is 4. The Morgan fingerprint density at radius 2 is 1.79 bits per heavy atom. The number of carboxylic acid groups (broad SMARTS) is 1. The van der Waals surface area contributed by atoms with Crippen LogP contribution in [0.15, 0.2) is 64.0 Å². The molecule has 0 aliphatic rings. The third kappa shape index (κ3) is 4.01. The Labute approximate surface area is 166 Å². The molecule has 8 heteroatoms. The van der Waals surface area contributed by atoms with Crippen molar-refractivity contribution in [3.63, 3.8) is 0 Å². The number of hydrogen-bond donors (Lipinski definition) is 2. The van der Waals surface area contributed by atoms with Crippen LogP contribution in [0.5, 0.6) is 0 Å². The minimum absolute atomic E-state index is 0.220. The number of aromatic nitrogens is 1. The zero-order valence-corrected chi connectivity index (χ0v) is 15.8. The third-order valence-electron chi connectivity index (χ3n) is 4.06. The van der Waals surface area contributed by atoms with Crippen molar-refractivity contribution in [3.05, 3.63) is 86.4 Å². The normalized spacial score (nSPS) is 11.6. The van der Waals surface area contributed by atoms with Gasteiger partial charge in [-0.3, -0.25) is 9.59 Å². The average Bonchev–Trinajstić information content (AvgIpc) is 2.65. The third-order valence-corrected chi connectivity index (χ3v) is 4.56. The van der Waals surface area contributed by atoms with E-state index in [4.69, 9.17) is 5.11 Å². The van der Waals surface area contributed by atoms with E-state index in [1.807, 2.05) is 0 Å². The van der Waals surface area contributed by atoms with Gasteiger partial charge in [0, 0.05) is 28.7 Å². The standard InChI is InChI=1S/C20H13BrFNO5/c21-12-3-6-16-14(7-12)19(26)15(17(24)8-18(25)20(27)28)10-23(16)9-11-1-4-13(22)5-2-11/h1-8,10,24H,9H2,(H,27,28)/b17-8-. The lowest BCUT2D eigenvalue weighted by molar-refractivity contribution is -0.146. The molecule has 0 saturated carbocycles. The molecule has 0 amide bonds. The van der Waals surface area contributed by atoms with Gasteiger partial charge in [-0.15, -0.1) is 0 Å². The molecule has 3 rings (SSSR count). The summed E-state index contributed by atoms with van der Waals surface area (Å²) < 4.78 is 15.4. The summed E-state index contributed by atoms with van der Waals surface area (Å²) in [5.74, 6) is -4.23. The van der Waals surface area contributed by atoms with Gasteiger partial charge < -0.3 is 14.8 Å². The van der Waals surface area contributed by atoms with Crippen LogP contribution in [0, 0.1) is 5.82 Å².